The molecule has 72 valence electrons. The predicted molar refractivity (Wildman–Crippen MR) is 54.8 cm³/mol. The predicted octanol–water partition coefficient (Wildman–Crippen LogP) is 1.53. The van der Waals surface area contributed by atoms with E-state index in [4.69, 9.17) is 0 Å². The van der Waals surface area contributed by atoms with Crippen molar-refractivity contribution in [2.75, 3.05) is 5.32 Å². The van der Waals surface area contributed by atoms with Crippen LogP contribution in [0.25, 0.3) is 0 Å². The number of aromatic nitrogens is 2. The van der Waals surface area contributed by atoms with Gasteiger partial charge in [0.05, 0.1) is 4.83 Å². The van der Waals surface area contributed by atoms with E-state index in [0.29, 0.717) is 5.82 Å². The third-order valence-corrected chi connectivity index (χ3v) is 2.67. The van der Waals surface area contributed by atoms with Gasteiger partial charge in [0.2, 0.25) is 5.91 Å². The van der Waals surface area contributed by atoms with Crippen LogP contribution in [0.4, 0.5) is 5.82 Å². The van der Waals surface area contributed by atoms with E-state index in [1.165, 1.54) is 0 Å². The summed E-state index contributed by atoms with van der Waals surface area (Å²) in [5, 5.41) is 6.73. The zero-order chi connectivity index (χ0) is 9.84. The maximum atomic E-state index is 11.3. The van der Waals surface area contributed by atoms with E-state index in [1.807, 2.05) is 6.92 Å². The van der Waals surface area contributed by atoms with Crippen molar-refractivity contribution in [3.63, 3.8) is 0 Å². The SMILES string of the molecule is CCC(Br)C(=O)Nc1ccn(C)n1. The Morgan fingerprint density at radius 3 is 3.00 bits per heavy atom. The van der Waals surface area contributed by atoms with Gasteiger partial charge < -0.3 is 5.32 Å². The van der Waals surface area contributed by atoms with Gasteiger partial charge in [-0.3, -0.25) is 9.48 Å². The molecule has 1 aromatic heterocycles. The molecule has 0 spiro atoms. The molecule has 0 aliphatic carbocycles. The highest BCUT2D eigenvalue weighted by Gasteiger charge is 2.12. The van der Waals surface area contributed by atoms with Gasteiger partial charge in [0.25, 0.3) is 0 Å². The molecule has 1 N–H and O–H groups in total. The van der Waals surface area contributed by atoms with Gasteiger partial charge >= 0.3 is 0 Å². The molecular weight excluding hydrogens is 234 g/mol. The molecule has 1 amide bonds. The van der Waals surface area contributed by atoms with E-state index in [0.717, 1.165) is 6.42 Å². The zero-order valence-corrected chi connectivity index (χ0v) is 9.21. The normalized spacial score (nSPS) is 12.5. The van der Waals surface area contributed by atoms with Crippen LogP contribution < -0.4 is 5.32 Å². The lowest BCUT2D eigenvalue weighted by molar-refractivity contribution is -0.115. The maximum absolute atomic E-state index is 11.3. The van der Waals surface area contributed by atoms with Gasteiger partial charge in [-0.1, -0.05) is 22.9 Å². The Morgan fingerprint density at radius 1 is 1.85 bits per heavy atom. The van der Waals surface area contributed by atoms with Crippen LogP contribution in [-0.2, 0) is 11.8 Å². The number of nitrogens with zero attached hydrogens (tertiary/aromatic N) is 2. The Morgan fingerprint density at radius 2 is 2.54 bits per heavy atom. The second kappa shape index (κ2) is 4.41. The van der Waals surface area contributed by atoms with Gasteiger partial charge in [0, 0.05) is 19.3 Å². The molecule has 0 aliphatic heterocycles. The summed E-state index contributed by atoms with van der Waals surface area (Å²) in [6, 6.07) is 1.76. The Hall–Kier alpha value is -0.840. The summed E-state index contributed by atoms with van der Waals surface area (Å²) in [5.74, 6) is 0.534. The fourth-order valence-electron chi connectivity index (χ4n) is 0.872. The van der Waals surface area contributed by atoms with E-state index < -0.39 is 0 Å². The smallest absolute Gasteiger partial charge is 0.239 e. The zero-order valence-electron chi connectivity index (χ0n) is 7.62. The summed E-state index contributed by atoms with van der Waals surface area (Å²) in [6.07, 6.45) is 2.55. The largest absolute Gasteiger partial charge is 0.308 e. The van der Waals surface area contributed by atoms with Gasteiger partial charge in [-0.05, 0) is 6.42 Å². The van der Waals surface area contributed by atoms with E-state index in [2.05, 4.69) is 26.3 Å². The maximum Gasteiger partial charge on any atom is 0.239 e. The summed E-state index contributed by atoms with van der Waals surface area (Å²) in [5.41, 5.74) is 0. The van der Waals surface area contributed by atoms with E-state index in [-0.39, 0.29) is 10.7 Å². The second-order valence-corrected chi connectivity index (χ2v) is 3.85. The van der Waals surface area contributed by atoms with Crippen LogP contribution in [-0.4, -0.2) is 20.5 Å². The van der Waals surface area contributed by atoms with Crippen LogP contribution in [0.3, 0.4) is 0 Å². The number of hydrogen-bond donors (Lipinski definition) is 1. The first-order valence-corrected chi connectivity index (χ1v) is 4.99. The lowest BCUT2D eigenvalue weighted by Crippen LogP contribution is -2.22. The highest BCUT2D eigenvalue weighted by molar-refractivity contribution is 9.10. The quantitative estimate of drug-likeness (QED) is 0.822. The van der Waals surface area contributed by atoms with Crippen molar-refractivity contribution in [2.24, 2.45) is 7.05 Å². The molecule has 0 radical (unpaired) electrons. The van der Waals surface area contributed by atoms with Crippen molar-refractivity contribution in [1.82, 2.24) is 9.78 Å². The number of amides is 1. The number of carbonyl (C=O) groups is 1. The molecule has 0 bridgehead atoms. The van der Waals surface area contributed by atoms with Gasteiger partial charge in [0.1, 0.15) is 0 Å². The molecule has 1 aromatic rings. The number of carbonyl (C=O) groups excluding carboxylic acids is 1. The first-order valence-electron chi connectivity index (χ1n) is 4.08. The Bertz CT molecular complexity index is 297. The van der Waals surface area contributed by atoms with E-state index in [1.54, 1.807) is 24.0 Å². The number of halogens is 1. The minimum absolute atomic E-state index is 0.0544. The van der Waals surface area contributed by atoms with Crippen molar-refractivity contribution in [2.45, 2.75) is 18.2 Å². The average Bonchev–Trinajstić information content (AvgIpc) is 2.49. The average molecular weight is 246 g/mol. The molecule has 0 saturated heterocycles. The molecule has 1 unspecified atom stereocenters. The number of rotatable bonds is 3. The van der Waals surface area contributed by atoms with Gasteiger partial charge in [0.15, 0.2) is 5.82 Å². The second-order valence-electron chi connectivity index (χ2n) is 2.74. The Labute approximate surface area is 85.4 Å². The van der Waals surface area contributed by atoms with Gasteiger partial charge in [-0.25, -0.2) is 0 Å². The molecule has 13 heavy (non-hydrogen) atoms. The highest BCUT2D eigenvalue weighted by atomic mass is 79.9. The van der Waals surface area contributed by atoms with E-state index >= 15 is 0 Å². The lowest BCUT2D eigenvalue weighted by atomic mass is 10.3. The number of alkyl halides is 1. The summed E-state index contributed by atoms with van der Waals surface area (Å²) in [4.78, 5) is 11.2. The molecule has 0 aliphatic rings. The third kappa shape index (κ3) is 2.84. The molecule has 5 heteroatoms. The molecule has 0 saturated carbocycles. The van der Waals surface area contributed by atoms with Crippen molar-refractivity contribution in [1.29, 1.82) is 0 Å². The first kappa shape index (κ1) is 10.2. The van der Waals surface area contributed by atoms with Crippen molar-refractivity contribution < 1.29 is 4.79 Å². The van der Waals surface area contributed by atoms with Crippen molar-refractivity contribution in [3.05, 3.63) is 12.3 Å². The van der Waals surface area contributed by atoms with Crippen molar-refractivity contribution >= 4 is 27.7 Å². The number of aryl methyl sites for hydroxylation is 1. The standard InChI is InChI=1S/C8H12BrN3O/c1-3-6(9)8(13)10-7-4-5-12(2)11-7/h4-6H,3H2,1-2H3,(H,10,11,13). The molecule has 1 rings (SSSR count). The highest BCUT2D eigenvalue weighted by Crippen LogP contribution is 2.08. The Balaban J connectivity index is 2.54. The number of hydrogen-bond acceptors (Lipinski definition) is 2. The minimum atomic E-state index is -0.144. The molecule has 0 fully saturated rings. The molecule has 1 atom stereocenters. The summed E-state index contributed by atoms with van der Waals surface area (Å²) in [7, 11) is 1.81. The monoisotopic (exact) mass is 245 g/mol. The van der Waals surface area contributed by atoms with Gasteiger partial charge in [-0.15, -0.1) is 0 Å². The minimum Gasteiger partial charge on any atom is -0.308 e. The number of nitrogens with one attached hydrogen (secondary N) is 1. The van der Waals surface area contributed by atoms with Crippen LogP contribution >= 0.6 is 15.9 Å². The van der Waals surface area contributed by atoms with Crippen LogP contribution in [0, 0.1) is 0 Å². The third-order valence-electron chi connectivity index (χ3n) is 1.61. The molecule has 4 nitrogen and oxygen atoms in total. The molecule has 1 heterocycles. The van der Waals surface area contributed by atoms with Crippen LogP contribution in [0.5, 0.6) is 0 Å². The fourth-order valence-corrected chi connectivity index (χ4v) is 0.986. The lowest BCUT2D eigenvalue weighted by Gasteiger charge is -2.05. The van der Waals surface area contributed by atoms with Crippen LogP contribution in [0.15, 0.2) is 12.3 Å². The van der Waals surface area contributed by atoms with Crippen LogP contribution in [0.2, 0.25) is 0 Å². The van der Waals surface area contributed by atoms with Crippen LogP contribution in [0.1, 0.15) is 13.3 Å². The van der Waals surface area contributed by atoms with E-state index in [9.17, 15) is 4.79 Å². The number of anilines is 1. The summed E-state index contributed by atoms with van der Waals surface area (Å²) < 4.78 is 1.64. The summed E-state index contributed by atoms with van der Waals surface area (Å²) in [6.45, 7) is 1.94. The van der Waals surface area contributed by atoms with Gasteiger partial charge in [-0.2, -0.15) is 5.10 Å². The molecule has 0 aromatic carbocycles. The topological polar surface area (TPSA) is 46.9 Å². The Kier molecular flexibility index (Phi) is 3.48. The van der Waals surface area contributed by atoms with Crippen molar-refractivity contribution in [3.8, 4) is 0 Å². The fraction of sp³-hybridized carbons (Fsp3) is 0.500. The first-order chi connectivity index (χ1) is 6.13. The summed E-state index contributed by atoms with van der Waals surface area (Å²) >= 11 is 3.26. The molecular formula is C8H12BrN3O.